The van der Waals surface area contributed by atoms with Crippen LogP contribution in [0.25, 0.3) is 0 Å². The van der Waals surface area contributed by atoms with Gasteiger partial charge in [0.1, 0.15) is 17.4 Å². The largest absolute Gasteiger partial charge is 0.489 e. The van der Waals surface area contributed by atoms with Crippen LogP contribution in [0.15, 0.2) is 18.2 Å². The fourth-order valence-corrected chi connectivity index (χ4v) is 1.52. The van der Waals surface area contributed by atoms with Crippen molar-refractivity contribution in [2.45, 2.75) is 25.9 Å². The number of nitriles is 1. The van der Waals surface area contributed by atoms with Crippen LogP contribution >= 0.6 is 11.6 Å². The van der Waals surface area contributed by atoms with Gasteiger partial charge in [0.15, 0.2) is 0 Å². The standard InChI is InChI=1S/C12H12ClNO3/c1-8(5-6-12(15)16)17-11-4-2-3-10(13)9(11)7-14/h2-4,8H,5-6H2,1H3,(H,15,16). The van der Waals surface area contributed by atoms with Crippen molar-refractivity contribution in [3.8, 4) is 11.8 Å². The van der Waals surface area contributed by atoms with Crippen LogP contribution in [-0.2, 0) is 4.79 Å². The summed E-state index contributed by atoms with van der Waals surface area (Å²) in [5.41, 5.74) is 0.274. The molecule has 90 valence electrons. The van der Waals surface area contributed by atoms with E-state index in [1.807, 2.05) is 6.07 Å². The molecule has 0 fully saturated rings. The van der Waals surface area contributed by atoms with Gasteiger partial charge in [-0.3, -0.25) is 4.79 Å². The minimum Gasteiger partial charge on any atom is -0.489 e. The molecule has 0 aromatic heterocycles. The Morgan fingerprint density at radius 1 is 1.65 bits per heavy atom. The molecule has 1 aromatic rings. The van der Waals surface area contributed by atoms with E-state index < -0.39 is 5.97 Å². The second-order valence-electron chi connectivity index (χ2n) is 3.59. The van der Waals surface area contributed by atoms with Gasteiger partial charge >= 0.3 is 5.97 Å². The first-order chi connectivity index (χ1) is 8.04. The van der Waals surface area contributed by atoms with Gasteiger partial charge in [-0.15, -0.1) is 0 Å². The summed E-state index contributed by atoms with van der Waals surface area (Å²) in [6, 6.07) is 6.89. The topological polar surface area (TPSA) is 70.3 Å². The third kappa shape index (κ3) is 3.97. The fraction of sp³-hybridized carbons (Fsp3) is 0.333. The molecule has 0 spiro atoms. The Kier molecular flexibility index (Phi) is 4.80. The van der Waals surface area contributed by atoms with Gasteiger partial charge in [-0.25, -0.2) is 0 Å². The van der Waals surface area contributed by atoms with E-state index in [0.717, 1.165) is 0 Å². The summed E-state index contributed by atoms with van der Waals surface area (Å²) in [6.45, 7) is 1.75. The van der Waals surface area contributed by atoms with Crippen molar-refractivity contribution in [3.63, 3.8) is 0 Å². The summed E-state index contributed by atoms with van der Waals surface area (Å²) < 4.78 is 5.50. The number of aliphatic carboxylic acids is 1. The molecule has 1 atom stereocenters. The zero-order valence-corrected chi connectivity index (χ0v) is 10.1. The van der Waals surface area contributed by atoms with Crippen LogP contribution in [-0.4, -0.2) is 17.2 Å². The van der Waals surface area contributed by atoms with Gasteiger partial charge < -0.3 is 9.84 Å². The third-order valence-corrected chi connectivity index (χ3v) is 2.50. The first kappa shape index (κ1) is 13.3. The maximum Gasteiger partial charge on any atom is 0.303 e. The summed E-state index contributed by atoms with van der Waals surface area (Å²) in [7, 11) is 0. The van der Waals surface area contributed by atoms with Crippen molar-refractivity contribution < 1.29 is 14.6 Å². The highest BCUT2D eigenvalue weighted by Crippen LogP contribution is 2.26. The van der Waals surface area contributed by atoms with Gasteiger partial charge in [0.25, 0.3) is 0 Å². The van der Waals surface area contributed by atoms with E-state index in [1.165, 1.54) is 0 Å². The Morgan fingerprint density at radius 2 is 2.35 bits per heavy atom. The van der Waals surface area contributed by atoms with Crippen LogP contribution in [0.5, 0.6) is 5.75 Å². The van der Waals surface area contributed by atoms with E-state index in [0.29, 0.717) is 17.2 Å². The monoisotopic (exact) mass is 253 g/mol. The normalized spacial score (nSPS) is 11.6. The first-order valence-corrected chi connectivity index (χ1v) is 5.49. The summed E-state index contributed by atoms with van der Waals surface area (Å²) >= 11 is 5.84. The average Bonchev–Trinajstić information content (AvgIpc) is 2.27. The number of benzene rings is 1. The average molecular weight is 254 g/mol. The van der Waals surface area contributed by atoms with E-state index in [2.05, 4.69) is 0 Å². The number of ether oxygens (including phenoxy) is 1. The van der Waals surface area contributed by atoms with Crippen LogP contribution in [0.2, 0.25) is 5.02 Å². The van der Waals surface area contributed by atoms with Crippen LogP contribution in [0.4, 0.5) is 0 Å². The van der Waals surface area contributed by atoms with Gasteiger partial charge in [-0.2, -0.15) is 5.26 Å². The molecular formula is C12H12ClNO3. The van der Waals surface area contributed by atoms with E-state index >= 15 is 0 Å². The molecule has 0 saturated carbocycles. The van der Waals surface area contributed by atoms with Gasteiger partial charge in [-0.1, -0.05) is 17.7 Å². The molecule has 1 rings (SSSR count). The Hall–Kier alpha value is -1.73. The van der Waals surface area contributed by atoms with Crippen molar-refractivity contribution in [2.75, 3.05) is 0 Å². The fourth-order valence-electron chi connectivity index (χ4n) is 1.31. The van der Waals surface area contributed by atoms with Crippen molar-refractivity contribution in [1.29, 1.82) is 5.26 Å². The smallest absolute Gasteiger partial charge is 0.303 e. The number of halogens is 1. The van der Waals surface area contributed by atoms with Crippen molar-refractivity contribution >= 4 is 17.6 Å². The lowest BCUT2D eigenvalue weighted by Gasteiger charge is -2.15. The molecule has 0 aliphatic heterocycles. The lowest BCUT2D eigenvalue weighted by Crippen LogP contribution is -2.14. The van der Waals surface area contributed by atoms with Gasteiger partial charge in [0.05, 0.1) is 11.1 Å². The van der Waals surface area contributed by atoms with Gasteiger partial charge in [-0.05, 0) is 25.5 Å². The van der Waals surface area contributed by atoms with Crippen LogP contribution < -0.4 is 4.74 Å². The Labute approximate surface area is 104 Å². The van der Waals surface area contributed by atoms with Crippen LogP contribution in [0, 0.1) is 11.3 Å². The highest BCUT2D eigenvalue weighted by molar-refractivity contribution is 6.31. The van der Waals surface area contributed by atoms with Crippen molar-refractivity contribution in [1.82, 2.24) is 0 Å². The molecule has 0 radical (unpaired) electrons. The Morgan fingerprint density at radius 3 is 2.94 bits per heavy atom. The van der Waals surface area contributed by atoms with Crippen molar-refractivity contribution in [2.24, 2.45) is 0 Å². The van der Waals surface area contributed by atoms with Crippen LogP contribution in [0.1, 0.15) is 25.3 Å². The predicted molar refractivity (Wildman–Crippen MR) is 63.1 cm³/mol. The number of carboxylic acids is 1. The highest BCUT2D eigenvalue weighted by Gasteiger charge is 2.12. The molecule has 0 aliphatic carbocycles. The summed E-state index contributed by atoms with van der Waals surface area (Å²) in [5, 5.41) is 17.8. The molecule has 0 heterocycles. The third-order valence-electron chi connectivity index (χ3n) is 2.18. The maximum absolute atomic E-state index is 10.4. The summed E-state index contributed by atoms with van der Waals surface area (Å²) in [5.74, 6) is -0.482. The van der Waals surface area contributed by atoms with Gasteiger partial charge in [0.2, 0.25) is 0 Å². The molecule has 1 aromatic carbocycles. The number of carboxylic acid groups (broad SMARTS) is 1. The zero-order chi connectivity index (χ0) is 12.8. The minimum atomic E-state index is -0.868. The number of hydrogen-bond donors (Lipinski definition) is 1. The number of hydrogen-bond acceptors (Lipinski definition) is 3. The summed E-state index contributed by atoms with van der Waals surface area (Å²) in [4.78, 5) is 10.4. The maximum atomic E-state index is 10.4. The number of rotatable bonds is 5. The van der Waals surface area contributed by atoms with E-state index in [4.69, 9.17) is 26.7 Å². The molecule has 0 saturated heterocycles. The van der Waals surface area contributed by atoms with E-state index in [9.17, 15) is 4.79 Å². The van der Waals surface area contributed by atoms with Crippen molar-refractivity contribution in [3.05, 3.63) is 28.8 Å². The Balaban J connectivity index is 2.72. The zero-order valence-electron chi connectivity index (χ0n) is 9.31. The lowest BCUT2D eigenvalue weighted by atomic mass is 10.2. The first-order valence-electron chi connectivity index (χ1n) is 5.11. The SMILES string of the molecule is CC(CCC(=O)O)Oc1cccc(Cl)c1C#N. The molecule has 0 amide bonds. The molecule has 17 heavy (non-hydrogen) atoms. The quantitative estimate of drug-likeness (QED) is 0.876. The van der Waals surface area contributed by atoms with E-state index in [-0.39, 0.29) is 18.1 Å². The molecule has 0 aliphatic rings. The Bertz CT molecular complexity index is 454. The second-order valence-corrected chi connectivity index (χ2v) is 3.99. The molecule has 1 N–H and O–H groups in total. The lowest BCUT2D eigenvalue weighted by molar-refractivity contribution is -0.137. The molecule has 1 unspecified atom stereocenters. The second kappa shape index (κ2) is 6.12. The predicted octanol–water partition coefficient (Wildman–Crippen LogP) is 2.84. The molecule has 0 bridgehead atoms. The molecule has 4 nitrogen and oxygen atoms in total. The molecular weight excluding hydrogens is 242 g/mol. The van der Waals surface area contributed by atoms with Gasteiger partial charge in [0, 0.05) is 6.42 Å². The minimum absolute atomic E-state index is 0.0314. The number of nitrogens with zero attached hydrogens (tertiary/aromatic N) is 1. The highest BCUT2D eigenvalue weighted by atomic mass is 35.5. The van der Waals surface area contributed by atoms with E-state index in [1.54, 1.807) is 25.1 Å². The van der Waals surface area contributed by atoms with Crippen LogP contribution in [0.3, 0.4) is 0 Å². The summed E-state index contributed by atoms with van der Waals surface area (Å²) in [6.07, 6.45) is 0.132. The molecule has 5 heteroatoms. The number of carbonyl (C=O) groups is 1.